The van der Waals surface area contributed by atoms with E-state index in [1.165, 1.54) is 12.8 Å². The van der Waals surface area contributed by atoms with E-state index in [9.17, 15) is 4.79 Å². The molecule has 8 heteroatoms. The molecule has 0 unspecified atom stereocenters. The zero-order valence-electron chi connectivity index (χ0n) is 15.7. The Kier molecular flexibility index (Phi) is 5.70. The fourth-order valence-corrected chi connectivity index (χ4v) is 3.18. The van der Waals surface area contributed by atoms with Crippen LogP contribution in [0, 0.1) is 13.8 Å². The monoisotopic (exact) mass is 358 g/mol. The SMILES string of the molecule is CCn1nc(C)c(CNC(=O)COc2ccc(N3CCCC3)nn2)c1C. The number of amides is 1. The van der Waals surface area contributed by atoms with Crippen LogP contribution in [0.4, 0.5) is 5.82 Å². The van der Waals surface area contributed by atoms with Gasteiger partial charge in [0.25, 0.3) is 5.91 Å². The van der Waals surface area contributed by atoms with Gasteiger partial charge in [-0.05, 0) is 39.7 Å². The van der Waals surface area contributed by atoms with Gasteiger partial charge in [-0.25, -0.2) is 0 Å². The van der Waals surface area contributed by atoms with Crippen LogP contribution >= 0.6 is 0 Å². The fourth-order valence-electron chi connectivity index (χ4n) is 3.18. The Hall–Kier alpha value is -2.64. The molecule has 0 aliphatic carbocycles. The van der Waals surface area contributed by atoms with Gasteiger partial charge in [0.05, 0.1) is 5.69 Å². The minimum atomic E-state index is -0.196. The Balaban J connectivity index is 1.47. The van der Waals surface area contributed by atoms with Crippen LogP contribution < -0.4 is 15.0 Å². The molecule has 3 heterocycles. The first kappa shape index (κ1) is 18.2. The third-order valence-electron chi connectivity index (χ3n) is 4.70. The van der Waals surface area contributed by atoms with E-state index in [0.717, 1.165) is 42.4 Å². The molecule has 0 saturated carbocycles. The van der Waals surface area contributed by atoms with Gasteiger partial charge in [-0.1, -0.05) is 0 Å². The molecule has 8 nitrogen and oxygen atoms in total. The van der Waals surface area contributed by atoms with E-state index < -0.39 is 0 Å². The van der Waals surface area contributed by atoms with Crippen LogP contribution in [0.25, 0.3) is 0 Å². The van der Waals surface area contributed by atoms with E-state index in [1.807, 2.05) is 31.5 Å². The van der Waals surface area contributed by atoms with Gasteiger partial charge in [0.2, 0.25) is 5.88 Å². The van der Waals surface area contributed by atoms with Crippen LogP contribution in [-0.4, -0.2) is 45.6 Å². The molecule has 0 spiro atoms. The topological polar surface area (TPSA) is 85.2 Å². The van der Waals surface area contributed by atoms with Crippen molar-refractivity contribution in [1.29, 1.82) is 0 Å². The van der Waals surface area contributed by atoms with Crippen molar-refractivity contribution in [2.24, 2.45) is 0 Å². The van der Waals surface area contributed by atoms with Crippen molar-refractivity contribution in [3.63, 3.8) is 0 Å². The smallest absolute Gasteiger partial charge is 0.258 e. The van der Waals surface area contributed by atoms with E-state index in [2.05, 4.69) is 25.5 Å². The lowest BCUT2D eigenvalue weighted by atomic mass is 10.2. The third kappa shape index (κ3) is 4.12. The molecule has 140 valence electrons. The zero-order valence-corrected chi connectivity index (χ0v) is 15.7. The molecule has 0 bridgehead atoms. The van der Waals surface area contributed by atoms with Crippen LogP contribution in [0.5, 0.6) is 5.88 Å². The van der Waals surface area contributed by atoms with E-state index in [0.29, 0.717) is 12.4 Å². The van der Waals surface area contributed by atoms with Crippen molar-refractivity contribution in [1.82, 2.24) is 25.3 Å². The highest BCUT2D eigenvalue weighted by Gasteiger charge is 2.15. The number of anilines is 1. The van der Waals surface area contributed by atoms with Crippen LogP contribution in [0.15, 0.2) is 12.1 Å². The second-order valence-electron chi connectivity index (χ2n) is 6.45. The first-order valence-corrected chi connectivity index (χ1v) is 9.09. The number of rotatable bonds is 7. The molecule has 2 aromatic rings. The summed E-state index contributed by atoms with van der Waals surface area (Å²) in [6.07, 6.45) is 2.38. The summed E-state index contributed by atoms with van der Waals surface area (Å²) in [7, 11) is 0. The minimum Gasteiger partial charge on any atom is -0.466 e. The van der Waals surface area contributed by atoms with Crippen LogP contribution in [0.2, 0.25) is 0 Å². The zero-order chi connectivity index (χ0) is 18.5. The van der Waals surface area contributed by atoms with Gasteiger partial charge in [0, 0.05) is 43.5 Å². The lowest BCUT2D eigenvalue weighted by Crippen LogP contribution is -2.29. The van der Waals surface area contributed by atoms with Gasteiger partial charge >= 0.3 is 0 Å². The molecule has 0 atom stereocenters. The molecule has 1 saturated heterocycles. The highest BCUT2D eigenvalue weighted by molar-refractivity contribution is 5.77. The van der Waals surface area contributed by atoms with Gasteiger partial charge in [0.15, 0.2) is 12.4 Å². The van der Waals surface area contributed by atoms with Gasteiger partial charge < -0.3 is 15.0 Å². The first-order valence-electron chi connectivity index (χ1n) is 9.09. The maximum Gasteiger partial charge on any atom is 0.258 e. The summed E-state index contributed by atoms with van der Waals surface area (Å²) >= 11 is 0. The van der Waals surface area contributed by atoms with Crippen LogP contribution in [0.1, 0.15) is 36.7 Å². The molecule has 0 aromatic carbocycles. The van der Waals surface area contributed by atoms with Gasteiger partial charge in [0.1, 0.15) is 0 Å². The Bertz CT molecular complexity index is 750. The Labute approximate surface area is 153 Å². The number of carbonyl (C=O) groups is 1. The summed E-state index contributed by atoms with van der Waals surface area (Å²) in [5.41, 5.74) is 3.07. The molecule has 1 aliphatic heterocycles. The summed E-state index contributed by atoms with van der Waals surface area (Å²) in [5, 5.41) is 15.5. The van der Waals surface area contributed by atoms with Crippen LogP contribution in [0.3, 0.4) is 0 Å². The second-order valence-corrected chi connectivity index (χ2v) is 6.45. The van der Waals surface area contributed by atoms with E-state index in [4.69, 9.17) is 4.74 Å². The average molecular weight is 358 g/mol. The Morgan fingerprint density at radius 3 is 2.62 bits per heavy atom. The maximum absolute atomic E-state index is 12.0. The lowest BCUT2D eigenvalue weighted by Gasteiger charge is -2.15. The highest BCUT2D eigenvalue weighted by Crippen LogP contribution is 2.18. The van der Waals surface area contributed by atoms with Crippen molar-refractivity contribution >= 4 is 11.7 Å². The van der Waals surface area contributed by atoms with E-state index >= 15 is 0 Å². The molecule has 1 fully saturated rings. The molecular formula is C18H26N6O2. The van der Waals surface area contributed by atoms with Crippen LogP contribution in [-0.2, 0) is 17.9 Å². The lowest BCUT2D eigenvalue weighted by molar-refractivity contribution is -0.123. The molecule has 1 N–H and O–H groups in total. The van der Waals surface area contributed by atoms with Gasteiger partial charge in [-0.15, -0.1) is 10.2 Å². The van der Waals surface area contributed by atoms with Crippen molar-refractivity contribution in [2.45, 2.75) is 46.7 Å². The van der Waals surface area contributed by atoms with E-state index in [1.54, 1.807) is 6.07 Å². The molecule has 0 radical (unpaired) electrons. The largest absolute Gasteiger partial charge is 0.466 e. The maximum atomic E-state index is 12.0. The molecule has 1 amide bonds. The van der Waals surface area contributed by atoms with Crippen molar-refractivity contribution < 1.29 is 9.53 Å². The number of hydrogen-bond donors (Lipinski definition) is 1. The van der Waals surface area contributed by atoms with Gasteiger partial charge in [-0.2, -0.15) is 5.10 Å². The van der Waals surface area contributed by atoms with Crippen molar-refractivity contribution in [2.75, 3.05) is 24.6 Å². The third-order valence-corrected chi connectivity index (χ3v) is 4.70. The quantitative estimate of drug-likeness (QED) is 0.809. The summed E-state index contributed by atoms with van der Waals surface area (Å²) in [5.74, 6) is 1.02. The molecule has 26 heavy (non-hydrogen) atoms. The summed E-state index contributed by atoms with van der Waals surface area (Å²) in [4.78, 5) is 14.2. The summed E-state index contributed by atoms with van der Waals surface area (Å²) < 4.78 is 7.37. The average Bonchev–Trinajstić information content (AvgIpc) is 3.27. The van der Waals surface area contributed by atoms with E-state index in [-0.39, 0.29) is 12.5 Å². The number of aromatic nitrogens is 4. The Morgan fingerprint density at radius 1 is 1.23 bits per heavy atom. The number of hydrogen-bond acceptors (Lipinski definition) is 6. The second kappa shape index (κ2) is 8.16. The van der Waals surface area contributed by atoms with Crippen molar-refractivity contribution in [3.8, 4) is 5.88 Å². The summed E-state index contributed by atoms with van der Waals surface area (Å²) in [6, 6.07) is 3.64. The normalized spacial score (nSPS) is 13.9. The predicted molar refractivity (Wildman–Crippen MR) is 98.2 cm³/mol. The predicted octanol–water partition coefficient (Wildman–Crippen LogP) is 1.61. The molecule has 1 aliphatic rings. The summed E-state index contributed by atoms with van der Waals surface area (Å²) in [6.45, 7) is 9.22. The first-order chi connectivity index (χ1) is 12.6. The van der Waals surface area contributed by atoms with Gasteiger partial charge in [-0.3, -0.25) is 9.48 Å². The number of nitrogens with zero attached hydrogens (tertiary/aromatic N) is 5. The minimum absolute atomic E-state index is 0.0856. The standard InChI is InChI=1S/C18H26N6O2/c1-4-24-14(3)15(13(2)22-24)11-19-17(25)12-26-18-8-7-16(20-21-18)23-9-5-6-10-23/h7-8H,4-6,9-12H2,1-3H3,(H,19,25). The Morgan fingerprint density at radius 2 is 2.00 bits per heavy atom. The number of nitrogens with one attached hydrogen (secondary N) is 1. The molecular weight excluding hydrogens is 332 g/mol. The molecule has 3 rings (SSSR count). The number of carbonyl (C=O) groups excluding carboxylic acids is 1. The number of ether oxygens (including phenoxy) is 1. The van der Waals surface area contributed by atoms with Crippen molar-refractivity contribution in [3.05, 3.63) is 29.1 Å². The fraction of sp³-hybridized carbons (Fsp3) is 0.556. The molecule has 2 aromatic heterocycles. The highest BCUT2D eigenvalue weighted by atomic mass is 16.5. The number of aryl methyl sites for hydroxylation is 2.